The molecule has 2 N–H and O–H groups in total. The van der Waals surface area contributed by atoms with Crippen LogP contribution in [0, 0.1) is 5.92 Å². The van der Waals surface area contributed by atoms with Gasteiger partial charge < -0.3 is 10.4 Å². The smallest absolute Gasteiger partial charge is 0.224 e. The van der Waals surface area contributed by atoms with Gasteiger partial charge in [0, 0.05) is 18.2 Å². The first-order chi connectivity index (χ1) is 6.11. The molecule has 0 aromatic rings. The molecular weight excluding hydrogens is 186 g/mol. The summed E-state index contributed by atoms with van der Waals surface area (Å²) in [5, 5.41) is 11.6. The molecule has 0 radical (unpaired) electrons. The highest BCUT2D eigenvalue weighted by molar-refractivity contribution is 7.80. The lowest BCUT2D eigenvalue weighted by atomic mass is 10.1. The second kappa shape index (κ2) is 7.21. The molecule has 13 heavy (non-hydrogen) atoms. The molecule has 0 rings (SSSR count). The molecule has 0 bridgehead atoms. The lowest BCUT2D eigenvalue weighted by molar-refractivity contribution is -0.124. The summed E-state index contributed by atoms with van der Waals surface area (Å²) >= 11 is 4.11. The summed E-state index contributed by atoms with van der Waals surface area (Å²) in [6, 6.07) is 0. The lowest BCUT2D eigenvalue weighted by Crippen LogP contribution is -2.36. The van der Waals surface area contributed by atoms with E-state index in [2.05, 4.69) is 17.9 Å². The van der Waals surface area contributed by atoms with E-state index in [9.17, 15) is 4.79 Å². The number of aliphatic hydroxyl groups excluding tert-OH is 1. The minimum atomic E-state index is -0.480. The largest absolute Gasteiger partial charge is 0.392 e. The Labute approximate surface area is 85.3 Å². The van der Waals surface area contributed by atoms with E-state index < -0.39 is 6.10 Å². The molecule has 0 spiro atoms. The zero-order valence-electron chi connectivity index (χ0n) is 8.29. The zero-order valence-corrected chi connectivity index (χ0v) is 9.18. The SMILES string of the molecule is CCCC(CS)C(=O)NCC(C)O. The maximum Gasteiger partial charge on any atom is 0.224 e. The average molecular weight is 205 g/mol. The normalized spacial score (nSPS) is 15.1. The highest BCUT2D eigenvalue weighted by Crippen LogP contribution is 2.07. The Balaban J connectivity index is 3.77. The van der Waals surface area contributed by atoms with Gasteiger partial charge in [-0.15, -0.1) is 0 Å². The van der Waals surface area contributed by atoms with Crippen LogP contribution in [0.15, 0.2) is 0 Å². The molecule has 2 unspecified atom stereocenters. The minimum Gasteiger partial charge on any atom is -0.392 e. The van der Waals surface area contributed by atoms with Crippen molar-refractivity contribution in [3.63, 3.8) is 0 Å². The summed E-state index contributed by atoms with van der Waals surface area (Å²) in [5.74, 6) is 0.546. The molecule has 0 aliphatic heterocycles. The van der Waals surface area contributed by atoms with E-state index in [-0.39, 0.29) is 11.8 Å². The van der Waals surface area contributed by atoms with Crippen LogP contribution < -0.4 is 5.32 Å². The van der Waals surface area contributed by atoms with Crippen molar-refractivity contribution in [2.45, 2.75) is 32.8 Å². The Morgan fingerprint density at radius 2 is 2.23 bits per heavy atom. The zero-order chi connectivity index (χ0) is 10.3. The number of carbonyl (C=O) groups is 1. The van der Waals surface area contributed by atoms with Crippen molar-refractivity contribution < 1.29 is 9.90 Å². The van der Waals surface area contributed by atoms with Crippen molar-refractivity contribution in [3.8, 4) is 0 Å². The van der Waals surface area contributed by atoms with Crippen LogP contribution in [0.3, 0.4) is 0 Å². The van der Waals surface area contributed by atoms with Gasteiger partial charge in [0.15, 0.2) is 0 Å². The molecule has 0 aliphatic rings. The summed E-state index contributed by atoms with van der Waals surface area (Å²) in [4.78, 5) is 11.4. The van der Waals surface area contributed by atoms with E-state index in [1.807, 2.05) is 6.92 Å². The lowest BCUT2D eigenvalue weighted by Gasteiger charge is -2.14. The summed E-state index contributed by atoms with van der Waals surface area (Å²) in [5.41, 5.74) is 0. The number of hydrogen-bond donors (Lipinski definition) is 3. The molecule has 4 heteroatoms. The fourth-order valence-electron chi connectivity index (χ4n) is 1.05. The molecule has 0 aliphatic carbocycles. The second-order valence-corrected chi connectivity index (χ2v) is 3.63. The first-order valence-electron chi connectivity index (χ1n) is 4.68. The van der Waals surface area contributed by atoms with E-state index in [1.165, 1.54) is 0 Å². The summed E-state index contributed by atoms with van der Waals surface area (Å²) < 4.78 is 0. The van der Waals surface area contributed by atoms with Crippen LogP contribution >= 0.6 is 12.6 Å². The Hall–Kier alpha value is -0.220. The van der Waals surface area contributed by atoms with E-state index in [4.69, 9.17) is 5.11 Å². The maximum atomic E-state index is 11.4. The van der Waals surface area contributed by atoms with Gasteiger partial charge in [-0.05, 0) is 13.3 Å². The van der Waals surface area contributed by atoms with Gasteiger partial charge in [-0.25, -0.2) is 0 Å². The quantitative estimate of drug-likeness (QED) is 0.563. The molecule has 0 saturated carbocycles. The molecular formula is C9H19NO2S. The van der Waals surface area contributed by atoms with Crippen molar-refractivity contribution in [1.82, 2.24) is 5.32 Å². The molecule has 0 fully saturated rings. The van der Waals surface area contributed by atoms with Crippen molar-refractivity contribution in [3.05, 3.63) is 0 Å². The number of rotatable bonds is 6. The van der Waals surface area contributed by atoms with Gasteiger partial charge in [0.25, 0.3) is 0 Å². The fraction of sp³-hybridized carbons (Fsp3) is 0.889. The number of nitrogens with one attached hydrogen (secondary N) is 1. The van der Waals surface area contributed by atoms with Crippen molar-refractivity contribution >= 4 is 18.5 Å². The molecule has 0 aromatic carbocycles. The fourth-order valence-corrected chi connectivity index (χ4v) is 1.39. The first kappa shape index (κ1) is 12.8. The van der Waals surface area contributed by atoms with E-state index in [1.54, 1.807) is 6.92 Å². The average Bonchev–Trinajstić information content (AvgIpc) is 2.10. The van der Waals surface area contributed by atoms with Gasteiger partial charge in [-0.3, -0.25) is 4.79 Å². The van der Waals surface area contributed by atoms with Gasteiger partial charge in [0.05, 0.1) is 6.10 Å². The molecule has 78 valence electrons. The van der Waals surface area contributed by atoms with Crippen LogP contribution in [0.5, 0.6) is 0 Å². The number of hydrogen-bond acceptors (Lipinski definition) is 3. The number of amides is 1. The Morgan fingerprint density at radius 3 is 2.62 bits per heavy atom. The Kier molecular flexibility index (Phi) is 7.09. The van der Waals surface area contributed by atoms with Gasteiger partial charge >= 0.3 is 0 Å². The van der Waals surface area contributed by atoms with Crippen LogP contribution in [-0.4, -0.2) is 29.4 Å². The topological polar surface area (TPSA) is 49.3 Å². The second-order valence-electron chi connectivity index (χ2n) is 3.26. The van der Waals surface area contributed by atoms with Crippen molar-refractivity contribution in [1.29, 1.82) is 0 Å². The van der Waals surface area contributed by atoms with Crippen LogP contribution in [0.2, 0.25) is 0 Å². The maximum absolute atomic E-state index is 11.4. The van der Waals surface area contributed by atoms with Gasteiger partial charge in [0.1, 0.15) is 0 Å². The first-order valence-corrected chi connectivity index (χ1v) is 5.31. The predicted octanol–water partition coefficient (Wildman–Crippen LogP) is 0.829. The van der Waals surface area contributed by atoms with Gasteiger partial charge in [-0.2, -0.15) is 12.6 Å². The summed E-state index contributed by atoms with van der Waals surface area (Å²) in [6.07, 6.45) is 1.36. The molecule has 3 nitrogen and oxygen atoms in total. The number of aliphatic hydroxyl groups is 1. The molecule has 0 aromatic heterocycles. The van der Waals surface area contributed by atoms with Crippen LogP contribution in [0.25, 0.3) is 0 Å². The predicted molar refractivity (Wildman–Crippen MR) is 56.9 cm³/mol. The van der Waals surface area contributed by atoms with Crippen LogP contribution in [-0.2, 0) is 4.79 Å². The Morgan fingerprint density at radius 1 is 1.62 bits per heavy atom. The summed E-state index contributed by atoms with van der Waals surface area (Å²) in [7, 11) is 0. The molecule has 1 amide bonds. The molecule has 0 saturated heterocycles. The third-order valence-electron chi connectivity index (χ3n) is 1.80. The molecule has 0 heterocycles. The van der Waals surface area contributed by atoms with Crippen LogP contribution in [0.1, 0.15) is 26.7 Å². The summed E-state index contributed by atoms with van der Waals surface area (Å²) in [6.45, 7) is 4.01. The third-order valence-corrected chi connectivity index (χ3v) is 2.24. The van der Waals surface area contributed by atoms with Crippen LogP contribution in [0.4, 0.5) is 0 Å². The van der Waals surface area contributed by atoms with E-state index in [0.717, 1.165) is 12.8 Å². The molecule has 2 atom stereocenters. The number of thiol groups is 1. The van der Waals surface area contributed by atoms with Gasteiger partial charge in [0.2, 0.25) is 5.91 Å². The van der Waals surface area contributed by atoms with Crippen molar-refractivity contribution in [2.24, 2.45) is 5.92 Å². The highest BCUT2D eigenvalue weighted by Gasteiger charge is 2.15. The van der Waals surface area contributed by atoms with Crippen molar-refractivity contribution in [2.75, 3.05) is 12.3 Å². The number of carbonyl (C=O) groups excluding carboxylic acids is 1. The van der Waals surface area contributed by atoms with E-state index in [0.29, 0.717) is 12.3 Å². The minimum absolute atomic E-state index is 0.00208. The van der Waals surface area contributed by atoms with Gasteiger partial charge in [-0.1, -0.05) is 13.3 Å². The highest BCUT2D eigenvalue weighted by atomic mass is 32.1. The Bertz CT molecular complexity index is 151. The van der Waals surface area contributed by atoms with E-state index >= 15 is 0 Å². The standard InChI is InChI=1S/C9H19NO2S/c1-3-4-8(6-13)9(12)10-5-7(2)11/h7-8,11,13H,3-6H2,1-2H3,(H,10,12). The monoisotopic (exact) mass is 205 g/mol. The third kappa shape index (κ3) is 5.93.